The molecule has 2 fully saturated rings. The average Bonchev–Trinajstić information content (AvgIpc) is 2.99. The number of hydrogen-bond donors (Lipinski definition) is 0. The monoisotopic (exact) mass is 407 g/mol. The van der Waals surface area contributed by atoms with Gasteiger partial charge >= 0.3 is 0 Å². The predicted molar refractivity (Wildman–Crippen MR) is 117 cm³/mol. The van der Waals surface area contributed by atoms with Crippen molar-refractivity contribution < 1.29 is 0 Å². The first kappa shape index (κ1) is 18.8. The van der Waals surface area contributed by atoms with Crippen LogP contribution in [-0.2, 0) is 6.42 Å². The topological polar surface area (TPSA) is 37.6 Å². The van der Waals surface area contributed by atoms with Crippen LogP contribution in [0.1, 0.15) is 34.7 Å². The molecule has 2 aromatic heterocycles. The summed E-state index contributed by atoms with van der Waals surface area (Å²) in [4.78, 5) is 20.3. The second-order valence-corrected chi connectivity index (χ2v) is 9.13. The van der Waals surface area contributed by atoms with E-state index < -0.39 is 0 Å². The molecular formula is C24H26ClN3O. The van der Waals surface area contributed by atoms with Gasteiger partial charge in [0.2, 0.25) is 0 Å². The molecule has 5 heteroatoms. The van der Waals surface area contributed by atoms with Gasteiger partial charge in [-0.3, -0.25) is 9.20 Å². The fourth-order valence-electron chi connectivity index (χ4n) is 5.30. The molecule has 1 saturated carbocycles. The zero-order valence-electron chi connectivity index (χ0n) is 16.9. The molecule has 3 heterocycles. The van der Waals surface area contributed by atoms with Crippen LogP contribution < -0.4 is 5.56 Å². The Kier molecular flexibility index (Phi) is 4.72. The molecule has 0 radical (unpaired) electrons. The Bertz CT molecular complexity index is 1140. The lowest BCUT2D eigenvalue weighted by molar-refractivity contribution is 0.191. The molecule has 150 valence electrons. The summed E-state index contributed by atoms with van der Waals surface area (Å²) in [6, 6.07) is 12.3. The van der Waals surface area contributed by atoms with Gasteiger partial charge in [0.25, 0.3) is 5.56 Å². The summed E-state index contributed by atoms with van der Waals surface area (Å²) in [7, 11) is 0. The maximum Gasteiger partial charge on any atom is 0.261 e. The van der Waals surface area contributed by atoms with Crippen LogP contribution in [0.25, 0.3) is 5.65 Å². The van der Waals surface area contributed by atoms with Crippen molar-refractivity contribution in [3.63, 3.8) is 0 Å². The summed E-state index contributed by atoms with van der Waals surface area (Å²) < 4.78 is 1.69. The van der Waals surface area contributed by atoms with Crippen molar-refractivity contribution in [1.29, 1.82) is 0 Å². The molecule has 1 aliphatic carbocycles. The number of aromatic nitrogens is 2. The molecule has 0 amide bonds. The largest absolute Gasteiger partial charge is 0.302 e. The number of benzene rings is 1. The molecule has 2 aliphatic rings. The molecule has 1 aromatic carbocycles. The van der Waals surface area contributed by atoms with Gasteiger partial charge in [0.1, 0.15) is 5.65 Å². The van der Waals surface area contributed by atoms with E-state index in [0.717, 1.165) is 59.5 Å². The molecule has 0 bridgehead atoms. The highest BCUT2D eigenvalue weighted by molar-refractivity contribution is 6.30. The highest BCUT2D eigenvalue weighted by Gasteiger charge is 2.47. The number of fused-ring (bicyclic) bond motifs is 2. The Morgan fingerprint density at radius 2 is 2.03 bits per heavy atom. The van der Waals surface area contributed by atoms with Crippen LogP contribution in [-0.4, -0.2) is 33.9 Å². The van der Waals surface area contributed by atoms with Crippen molar-refractivity contribution in [2.45, 2.75) is 32.6 Å². The third-order valence-corrected chi connectivity index (χ3v) is 7.18. The SMILES string of the molecule is Cc1nc2c(C)cccn2c(=O)c1CCN1CC2CC(c3cccc(Cl)c3)C2C1. The van der Waals surface area contributed by atoms with Crippen LogP contribution >= 0.6 is 11.6 Å². The number of likely N-dealkylation sites (tertiary alicyclic amines) is 1. The number of halogens is 1. The number of pyridine rings is 1. The van der Waals surface area contributed by atoms with Crippen LogP contribution in [0, 0.1) is 25.7 Å². The summed E-state index contributed by atoms with van der Waals surface area (Å²) in [5, 5.41) is 0.829. The van der Waals surface area contributed by atoms with E-state index in [-0.39, 0.29) is 5.56 Å². The summed E-state index contributed by atoms with van der Waals surface area (Å²) in [6.07, 6.45) is 3.84. The minimum Gasteiger partial charge on any atom is -0.302 e. The van der Waals surface area contributed by atoms with Crippen LogP contribution in [0.15, 0.2) is 47.4 Å². The van der Waals surface area contributed by atoms with E-state index in [1.165, 1.54) is 12.0 Å². The standard InChI is InChI=1S/C24H26ClN3O/c1-15-5-4-9-28-23(15)26-16(2)20(24(28)29)8-10-27-13-18-12-21(22(18)14-27)17-6-3-7-19(25)11-17/h3-7,9,11,18,21-22H,8,10,12-14H2,1-2H3. The van der Waals surface area contributed by atoms with E-state index in [2.05, 4.69) is 23.1 Å². The Balaban J connectivity index is 1.29. The molecular weight excluding hydrogens is 382 g/mol. The first-order valence-corrected chi connectivity index (χ1v) is 10.8. The van der Waals surface area contributed by atoms with E-state index in [4.69, 9.17) is 16.6 Å². The molecule has 1 aliphatic heterocycles. The van der Waals surface area contributed by atoms with Crippen LogP contribution in [0.5, 0.6) is 0 Å². The predicted octanol–water partition coefficient (Wildman–Crippen LogP) is 4.24. The normalized spacial score (nSPS) is 23.9. The lowest BCUT2D eigenvalue weighted by Gasteiger charge is -2.40. The number of nitrogens with zero attached hydrogens (tertiary/aromatic N) is 3. The molecule has 1 saturated heterocycles. The van der Waals surface area contributed by atoms with Crippen LogP contribution in [0.3, 0.4) is 0 Å². The first-order chi connectivity index (χ1) is 14.0. The van der Waals surface area contributed by atoms with Gasteiger partial charge in [-0.1, -0.05) is 29.8 Å². The highest BCUT2D eigenvalue weighted by atomic mass is 35.5. The van der Waals surface area contributed by atoms with Crippen LogP contribution in [0.4, 0.5) is 0 Å². The van der Waals surface area contributed by atoms with Gasteiger partial charge < -0.3 is 4.90 Å². The van der Waals surface area contributed by atoms with Crippen LogP contribution in [0.2, 0.25) is 5.02 Å². The first-order valence-electron chi connectivity index (χ1n) is 10.5. The summed E-state index contributed by atoms with van der Waals surface area (Å²) in [5.74, 6) is 2.12. The molecule has 0 spiro atoms. The number of aryl methyl sites for hydroxylation is 2. The molecule has 3 unspecified atom stereocenters. The third-order valence-electron chi connectivity index (χ3n) is 6.95. The second-order valence-electron chi connectivity index (χ2n) is 8.70. The fourth-order valence-corrected chi connectivity index (χ4v) is 5.50. The van der Waals surface area contributed by atoms with E-state index in [9.17, 15) is 4.79 Å². The minimum absolute atomic E-state index is 0.0789. The van der Waals surface area contributed by atoms with Gasteiger partial charge in [-0.25, -0.2) is 4.98 Å². The number of rotatable bonds is 4. The molecule has 4 nitrogen and oxygen atoms in total. The Morgan fingerprint density at radius 1 is 1.17 bits per heavy atom. The Labute approximate surface area is 176 Å². The van der Waals surface area contributed by atoms with E-state index in [1.807, 2.05) is 38.2 Å². The summed E-state index contributed by atoms with van der Waals surface area (Å²) in [6.45, 7) is 7.14. The van der Waals surface area contributed by atoms with E-state index in [0.29, 0.717) is 11.8 Å². The molecule has 29 heavy (non-hydrogen) atoms. The average molecular weight is 408 g/mol. The summed E-state index contributed by atoms with van der Waals surface area (Å²) in [5.41, 5.74) is 4.96. The van der Waals surface area contributed by atoms with Gasteiger partial charge in [0, 0.05) is 42.1 Å². The van der Waals surface area contributed by atoms with Gasteiger partial charge in [-0.2, -0.15) is 0 Å². The van der Waals surface area contributed by atoms with Gasteiger partial charge in [-0.05, 0) is 73.8 Å². The van der Waals surface area contributed by atoms with Crippen molar-refractivity contribution in [3.8, 4) is 0 Å². The van der Waals surface area contributed by atoms with Gasteiger partial charge in [0.05, 0.1) is 0 Å². The second kappa shape index (κ2) is 7.26. The van der Waals surface area contributed by atoms with Gasteiger partial charge in [0.15, 0.2) is 0 Å². The maximum absolute atomic E-state index is 13.0. The molecule has 3 atom stereocenters. The summed E-state index contributed by atoms with van der Waals surface area (Å²) >= 11 is 6.19. The Morgan fingerprint density at radius 3 is 2.86 bits per heavy atom. The van der Waals surface area contributed by atoms with Crippen molar-refractivity contribution in [1.82, 2.24) is 14.3 Å². The lowest BCUT2D eigenvalue weighted by atomic mass is 9.64. The molecule has 5 rings (SSSR count). The fraction of sp³-hybridized carbons (Fsp3) is 0.417. The van der Waals surface area contributed by atoms with Crippen molar-refractivity contribution in [2.24, 2.45) is 11.8 Å². The van der Waals surface area contributed by atoms with Crippen molar-refractivity contribution >= 4 is 17.2 Å². The van der Waals surface area contributed by atoms with Crippen molar-refractivity contribution in [3.05, 3.63) is 80.4 Å². The number of hydrogen-bond acceptors (Lipinski definition) is 3. The Hall–Kier alpha value is -2.17. The van der Waals surface area contributed by atoms with Gasteiger partial charge in [-0.15, -0.1) is 0 Å². The lowest BCUT2D eigenvalue weighted by Crippen LogP contribution is -2.33. The smallest absolute Gasteiger partial charge is 0.261 e. The zero-order chi connectivity index (χ0) is 20.1. The maximum atomic E-state index is 13.0. The highest BCUT2D eigenvalue weighted by Crippen LogP contribution is 2.51. The van der Waals surface area contributed by atoms with E-state index >= 15 is 0 Å². The van der Waals surface area contributed by atoms with E-state index in [1.54, 1.807) is 4.40 Å². The molecule has 3 aromatic rings. The third kappa shape index (κ3) is 3.28. The minimum atomic E-state index is 0.0789. The zero-order valence-corrected chi connectivity index (χ0v) is 17.7. The van der Waals surface area contributed by atoms with Crippen molar-refractivity contribution in [2.75, 3.05) is 19.6 Å². The molecule has 0 N–H and O–H groups in total. The quantitative estimate of drug-likeness (QED) is 0.649.